The maximum absolute atomic E-state index is 5.83. The molecule has 2 aromatic rings. The van der Waals surface area contributed by atoms with E-state index in [1.54, 1.807) is 6.21 Å². The van der Waals surface area contributed by atoms with Crippen LogP contribution in [0.1, 0.15) is 38.2 Å². The lowest BCUT2D eigenvalue weighted by atomic mass is 10.2. The lowest BCUT2D eigenvalue weighted by Crippen LogP contribution is -2.00. The van der Waals surface area contributed by atoms with Crippen LogP contribution < -0.4 is 4.74 Å². The number of hydrogen-bond donors (Lipinski definition) is 1. The first-order valence-corrected chi connectivity index (χ1v) is 7.60. The van der Waals surface area contributed by atoms with Gasteiger partial charge in [-0.05, 0) is 30.8 Å². The Balaban J connectivity index is 1.98. The average Bonchev–Trinajstić information content (AvgIpc) is 2.91. The number of ether oxygens (including phenoxy) is 1. The van der Waals surface area contributed by atoms with Gasteiger partial charge in [-0.25, -0.2) is 0 Å². The highest BCUT2D eigenvalue weighted by Crippen LogP contribution is 2.16. The largest absolute Gasteiger partial charge is 0.493 e. The number of aromatic nitrogens is 3. The summed E-state index contributed by atoms with van der Waals surface area (Å²) < 4.78 is 7.80. The minimum atomic E-state index is 0.462. The molecule has 1 aromatic carbocycles. The summed E-state index contributed by atoms with van der Waals surface area (Å²) in [6.45, 7) is 2.93. The SMILES string of the molecule is CCCCCCOc1ccccc1/C=N/n1cn[nH]c1=S. The van der Waals surface area contributed by atoms with Gasteiger partial charge in [-0.1, -0.05) is 38.3 Å². The van der Waals surface area contributed by atoms with Crippen LogP contribution in [0.4, 0.5) is 0 Å². The molecule has 0 bridgehead atoms. The van der Waals surface area contributed by atoms with Crippen molar-refractivity contribution in [2.24, 2.45) is 5.10 Å². The molecule has 1 aromatic heterocycles. The van der Waals surface area contributed by atoms with Gasteiger partial charge >= 0.3 is 0 Å². The van der Waals surface area contributed by atoms with Gasteiger partial charge < -0.3 is 4.74 Å². The molecule has 21 heavy (non-hydrogen) atoms. The smallest absolute Gasteiger partial charge is 0.216 e. The van der Waals surface area contributed by atoms with Gasteiger partial charge in [0.25, 0.3) is 0 Å². The summed E-state index contributed by atoms with van der Waals surface area (Å²) in [6, 6.07) is 7.84. The molecule has 0 saturated heterocycles. The number of nitrogens with zero attached hydrogens (tertiary/aromatic N) is 3. The minimum absolute atomic E-state index is 0.462. The van der Waals surface area contributed by atoms with Crippen molar-refractivity contribution in [1.82, 2.24) is 14.9 Å². The number of rotatable bonds is 8. The van der Waals surface area contributed by atoms with Crippen LogP contribution >= 0.6 is 12.2 Å². The summed E-state index contributed by atoms with van der Waals surface area (Å²) in [5.41, 5.74) is 0.927. The molecule has 0 spiro atoms. The van der Waals surface area contributed by atoms with E-state index < -0.39 is 0 Å². The highest BCUT2D eigenvalue weighted by molar-refractivity contribution is 7.71. The molecule has 0 aliphatic carbocycles. The van der Waals surface area contributed by atoms with Crippen LogP contribution in [-0.2, 0) is 0 Å². The van der Waals surface area contributed by atoms with Crippen molar-refractivity contribution in [1.29, 1.82) is 0 Å². The average molecular weight is 304 g/mol. The van der Waals surface area contributed by atoms with E-state index in [9.17, 15) is 0 Å². The maximum atomic E-state index is 5.83. The molecule has 2 rings (SSSR count). The first kappa shape index (κ1) is 15.4. The van der Waals surface area contributed by atoms with Crippen molar-refractivity contribution in [3.63, 3.8) is 0 Å². The molecule has 0 aliphatic heterocycles. The summed E-state index contributed by atoms with van der Waals surface area (Å²) in [7, 11) is 0. The second kappa shape index (κ2) is 8.36. The topological polar surface area (TPSA) is 55.2 Å². The van der Waals surface area contributed by atoms with Crippen LogP contribution in [0.15, 0.2) is 35.7 Å². The zero-order valence-corrected chi connectivity index (χ0v) is 13.0. The van der Waals surface area contributed by atoms with Gasteiger partial charge in [-0.2, -0.15) is 14.9 Å². The number of hydrogen-bond acceptors (Lipinski definition) is 4. The number of para-hydroxylation sites is 1. The Morgan fingerprint density at radius 1 is 1.33 bits per heavy atom. The van der Waals surface area contributed by atoms with Gasteiger partial charge in [0, 0.05) is 5.56 Å². The molecule has 0 fully saturated rings. The zero-order valence-electron chi connectivity index (χ0n) is 12.2. The standard InChI is InChI=1S/C15H20N4OS/c1-2-3-4-7-10-20-14-9-6-5-8-13(14)11-17-19-12-16-18-15(19)21/h5-6,8-9,11-12H,2-4,7,10H2,1H3,(H,18,21)/b17-11+. The van der Waals surface area contributed by atoms with E-state index in [1.807, 2.05) is 24.3 Å². The van der Waals surface area contributed by atoms with Crippen LogP contribution in [0.5, 0.6) is 5.75 Å². The molecule has 0 unspecified atom stereocenters. The number of nitrogens with one attached hydrogen (secondary N) is 1. The molecular formula is C15H20N4OS. The third-order valence-corrected chi connectivity index (χ3v) is 3.31. The highest BCUT2D eigenvalue weighted by atomic mass is 32.1. The fourth-order valence-electron chi connectivity index (χ4n) is 1.88. The Labute approximate surface area is 129 Å². The number of unbranched alkanes of at least 4 members (excludes halogenated alkanes) is 3. The van der Waals surface area contributed by atoms with E-state index >= 15 is 0 Å². The second-order valence-corrected chi connectivity index (χ2v) is 5.08. The summed E-state index contributed by atoms with van der Waals surface area (Å²) in [4.78, 5) is 0. The first-order valence-electron chi connectivity index (χ1n) is 7.19. The lowest BCUT2D eigenvalue weighted by molar-refractivity contribution is 0.304. The molecule has 5 nitrogen and oxygen atoms in total. The Hall–Kier alpha value is -1.95. The van der Waals surface area contributed by atoms with Crippen molar-refractivity contribution in [2.75, 3.05) is 6.61 Å². The maximum Gasteiger partial charge on any atom is 0.216 e. The molecule has 1 heterocycles. The molecule has 0 atom stereocenters. The molecule has 0 radical (unpaired) electrons. The molecule has 0 aliphatic rings. The number of aromatic amines is 1. The highest BCUT2D eigenvalue weighted by Gasteiger charge is 2.00. The van der Waals surface area contributed by atoms with E-state index in [4.69, 9.17) is 17.0 Å². The van der Waals surface area contributed by atoms with Crippen LogP contribution in [0.3, 0.4) is 0 Å². The fourth-order valence-corrected chi connectivity index (χ4v) is 2.03. The van der Waals surface area contributed by atoms with Crippen LogP contribution in [0.25, 0.3) is 0 Å². The van der Waals surface area contributed by atoms with E-state index in [1.165, 1.54) is 30.3 Å². The van der Waals surface area contributed by atoms with Crippen LogP contribution in [-0.4, -0.2) is 27.7 Å². The zero-order chi connectivity index (χ0) is 14.9. The van der Waals surface area contributed by atoms with E-state index in [0.717, 1.165) is 24.3 Å². The van der Waals surface area contributed by atoms with Crippen molar-refractivity contribution >= 4 is 18.4 Å². The van der Waals surface area contributed by atoms with Crippen LogP contribution in [0, 0.1) is 4.77 Å². The monoisotopic (exact) mass is 304 g/mol. The first-order chi connectivity index (χ1) is 10.3. The normalized spacial score (nSPS) is 11.1. The van der Waals surface area contributed by atoms with Crippen molar-refractivity contribution in [3.05, 3.63) is 40.9 Å². The Bertz CT molecular complexity index is 632. The summed E-state index contributed by atoms with van der Waals surface area (Å²) >= 11 is 5.04. The second-order valence-electron chi connectivity index (χ2n) is 4.70. The molecule has 6 heteroatoms. The van der Waals surface area contributed by atoms with Crippen LogP contribution in [0.2, 0.25) is 0 Å². The molecule has 0 amide bonds. The quantitative estimate of drug-likeness (QED) is 0.459. The molecule has 112 valence electrons. The van der Waals surface area contributed by atoms with Crippen molar-refractivity contribution in [2.45, 2.75) is 32.6 Å². The Morgan fingerprint density at radius 3 is 2.95 bits per heavy atom. The third kappa shape index (κ3) is 4.82. The van der Waals surface area contributed by atoms with E-state index in [2.05, 4.69) is 22.2 Å². The van der Waals surface area contributed by atoms with E-state index in [-0.39, 0.29) is 0 Å². The Morgan fingerprint density at radius 2 is 2.19 bits per heavy atom. The molecule has 1 N–H and O–H groups in total. The number of benzene rings is 1. The lowest BCUT2D eigenvalue weighted by Gasteiger charge is -2.08. The van der Waals surface area contributed by atoms with Gasteiger partial charge in [0.1, 0.15) is 12.1 Å². The molecular weight excluding hydrogens is 284 g/mol. The van der Waals surface area contributed by atoms with E-state index in [0.29, 0.717) is 4.77 Å². The van der Waals surface area contributed by atoms with Gasteiger partial charge in [-0.15, -0.1) is 0 Å². The summed E-state index contributed by atoms with van der Waals surface area (Å²) in [5.74, 6) is 0.841. The third-order valence-electron chi connectivity index (χ3n) is 3.03. The summed E-state index contributed by atoms with van der Waals surface area (Å²) in [6.07, 6.45) is 8.03. The number of H-pyrrole nitrogens is 1. The predicted molar refractivity (Wildman–Crippen MR) is 86.5 cm³/mol. The fraction of sp³-hybridized carbons (Fsp3) is 0.400. The summed E-state index contributed by atoms with van der Waals surface area (Å²) in [5, 5.41) is 10.7. The Kier molecular flexibility index (Phi) is 6.15. The molecule has 0 saturated carbocycles. The van der Waals surface area contributed by atoms with Gasteiger partial charge in [-0.3, -0.25) is 5.10 Å². The minimum Gasteiger partial charge on any atom is -0.493 e. The van der Waals surface area contributed by atoms with Gasteiger partial charge in [0.2, 0.25) is 4.77 Å². The van der Waals surface area contributed by atoms with Crippen molar-refractivity contribution < 1.29 is 4.74 Å². The predicted octanol–water partition coefficient (Wildman–Crippen LogP) is 3.78. The van der Waals surface area contributed by atoms with Gasteiger partial charge in [0.15, 0.2) is 0 Å². The van der Waals surface area contributed by atoms with Crippen molar-refractivity contribution in [3.8, 4) is 5.75 Å². The van der Waals surface area contributed by atoms with Gasteiger partial charge in [0.05, 0.1) is 12.8 Å².